The van der Waals surface area contributed by atoms with Crippen molar-refractivity contribution in [2.45, 2.75) is 19.9 Å². The summed E-state index contributed by atoms with van der Waals surface area (Å²) >= 11 is 0. The van der Waals surface area contributed by atoms with Gasteiger partial charge in [0.1, 0.15) is 5.82 Å². The van der Waals surface area contributed by atoms with E-state index in [1.165, 1.54) is 11.3 Å². The standard InChI is InChI=1S/C11H17N5/c1-8(10-7-13-15(3)9(10)2)14-11-5-6-12-16(11)4/h5-8,14H,1-4H3. The van der Waals surface area contributed by atoms with Crippen molar-refractivity contribution in [1.29, 1.82) is 0 Å². The number of rotatable bonds is 3. The second-order valence-electron chi connectivity index (χ2n) is 4.02. The van der Waals surface area contributed by atoms with Gasteiger partial charge in [0.15, 0.2) is 0 Å². The Labute approximate surface area is 95.1 Å². The number of nitrogens with one attached hydrogen (secondary N) is 1. The minimum Gasteiger partial charge on any atom is -0.364 e. The van der Waals surface area contributed by atoms with E-state index < -0.39 is 0 Å². The van der Waals surface area contributed by atoms with Gasteiger partial charge in [0.05, 0.1) is 18.4 Å². The summed E-state index contributed by atoms with van der Waals surface area (Å²) in [5.41, 5.74) is 2.39. The van der Waals surface area contributed by atoms with Crippen LogP contribution in [-0.2, 0) is 14.1 Å². The molecule has 2 rings (SSSR count). The number of hydrogen-bond acceptors (Lipinski definition) is 3. The van der Waals surface area contributed by atoms with Crippen LogP contribution in [0.4, 0.5) is 5.82 Å². The van der Waals surface area contributed by atoms with Crippen LogP contribution in [0.5, 0.6) is 0 Å². The smallest absolute Gasteiger partial charge is 0.124 e. The molecular formula is C11H17N5. The first-order valence-electron chi connectivity index (χ1n) is 5.32. The number of hydrogen-bond donors (Lipinski definition) is 1. The Morgan fingerprint density at radius 2 is 2.00 bits per heavy atom. The van der Waals surface area contributed by atoms with Crippen LogP contribution in [0.15, 0.2) is 18.5 Å². The summed E-state index contributed by atoms with van der Waals surface area (Å²) in [5, 5.41) is 11.8. The summed E-state index contributed by atoms with van der Waals surface area (Å²) in [6, 6.07) is 2.19. The Balaban J connectivity index is 2.18. The molecule has 1 N–H and O–H groups in total. The minimum absolute atomic E-state index is 0.226. The van der Waals surface area contributed by atoms with Crippen molar-refractivity contribution in [3.63, 3.8) is 0 Å². The molecule has 16 heavy (non-hydrogen) atoms. The van der Waals surface area contributed by atoms with Crippen LogP contribution in [0, 0.1) is 6.92 Å². The van der Waals surface area contributed by atoms with Crippen molar-refractivity contribution in [1.82, 2.24) is 19.6 Å². The number of aromatic nitrogens is 4. The highest BCUT2D eigenvalue weighted by Gasteiger charge is 2.12. The lowest BCUT2D eigenvalue weighted by molar-refractivity contribution is 0.729. The van der Waals surface area contributed by atoms with Crippen LogP contribution in [-0.4, -0.2) is 19.6 Å². The molecule has 1 unspecified atom stereocenters. The molecule has 0 amide bonds. The minimum atomic E-state index is 0.226. The zero-order chi connectivity index (χ0) is 11.7. The fraction of sp³-hybridized carbons (Fsp3) is 0.455. The highest BCUT2D eigenvalue weighted by atomic mass is 15.3. The van der Waals surface area contributed by atoms with E-state index in [1.807, 2.05) is 35.7 Å². The van der Waals surface area contributed by atoms with Gasteiger partial charge >= 0.3 is 0 Å². The molecule has 2 aromatic heterocycles. The third-order valence-corrected chi connectivity index (χ3v) is 2.93. The molecule has 0 spiro atoms. The highest BCUT2D eigenvalue weighted by molar-refractivity contribution is 5.38. The molecule has 0 aromatic carbocycles. The molecule has 0 bridgehead atoms. The maximum Gasteiger partial charge on any atom is 0.124 e. The van der Waals surface area contributed by atoms with Crippen LogP contribution in [0.3, 0.4) is 0 Å². The molecule has 0 aliphatic carbocycles. The summed E-state index contributed by atoms with van der Waals surface area (Å²) < 4.78 is 3.71. The van der Waals surface area contributed by atoms with Gasteiger partial charge in [-0.25, -0.2) is 0 Å². The molecule has 5 heteroatoms. The molecule has 1 atom stereocenters. The quantitative estimate of drug-likeness (QED) is 0.853. The van der Waals surface area contributed by atoms with E-state index in [9.17, 15) is 0 Å². The maximum absolute atomic E-state index is 4.24. The van der Waals surface area contributed by atoms with E-state index in [4.69, 9.17) is 0 Å². The molecule has 5 nitrogen and oxygen atoms in total. The third-order valence-electron chi connectivity index (χ3n) is 2.93. The Bertz CT molecular complexity index is 482. The SMILES string of the molecule is Cc1c(C(C)Nc2ccnn2C)cnn1C. The molecule has 86 valence electrons. The second kappa shape index (κ2) is 4.00. The molecule has 2 aromatic rings. The van der Waals surface area contributed by atoms with Gasteiger partial charge in [0.25, 0.3) is 0 Å². The molecule has 0 saturated heterocycles. The zero-order valence-electron chi connectivity index (χ0n) is 10.1. The predicted octanol–water partition coefficient (Wildman–Crippen LogP) is 1.64. The van der Waals surface area contributed by atoms with E-state index in [0.717, 1.165) is 5.82 Å². The average Bonchev–Trinajstić information content (AvgIpc) is 2.77. The zero-order valence-corrected chi connectivity index (χ0v) is 10.1. The van der Waals surface area contributed by atoms with Crippen LogP contribution < -0.4 is 5.32 Å². The molecule has 0 radical (unpaired) electrons. The molecule has 0 fully saturated rings. The van der Waals surface area contributed by atoms with Crippen molar-refractivity contribution >= 4 is 5.82 Å². The van der Waals surface area contributed by atoms with Gasteiger partial charge in [-0.15, -0.1) is 0 Å². The summed E-state index contributed by atoms with van der Waals surface area (Å²) in [6.45, 7) is 4.20. The topological polar surface area (TPSA) is 47.7 Å². The van der Waals surface area contributed by atoms with Crippen molar-refractivity contribution in [3.05, 3.63) is 29.7 Å². The summed E-state index contributed by atoms with van der Waals surface area (Å²) in [4.78, 5) is 0. The Morgan fingerprint density at radius 3 is 2.50 bits per heavy atom. The second-order valence-corrected chi connectivity index (χ2v) is 4.02. The number of anilines is 1. The van der Waals surface area contributed by atoms with Gasteiger partial charge in [-0.1, -0.05) is 0 Å². The Kier molecular flexibility index (Phi) is 2.68. The van der Waals surface area contributed by atoms with Gasteiger partial charge in [-0.2, -0.15) is 10.2 Å². The van der Waals surface area contributed by atoms with Crippen molar-refractivity contribution < 1.29 is 0 Å². The molecule has 0 saturated carbocycles. The predicted molar refractivity (Wildman–Crippen MR) is 63.2 cm³/mol. The van der Waals surface area contributed by atoms with E-state index in [-0.39, 0.29) is 6.04 Å². The largest absolute Gasteiger partial charge is 0.364 e. The summed E-state index contributed by atoms with van der Waals surface area (Å²) in [5.74, 6) is 1.01. The van der Waals surface area contributed by atoms with Gasteiger partial charge in [0.2, 0.25) is 0 Å². The summed E-state index contributed by atoms with van der Waals surface area (Å²) in [6.07, 6.45) is 3.69. The number of aryl methyl sites for hydroxylation is 2. The van der Waals surface area contributed by atoms with Gasteiger partial charge in [-0.05, 0) is 13.8 Å². The lowest BCUT2D eigenvalue weighted by Gasteiger charge is -2.14. The fourth-order valence-corrected chi connectivity index (χ4v) is 1.76. The highest BCUT2D eigenvalue weighted by Crippen LogP contribution is 2.20. The Hall–Kier alpha value is -1.78. The van der Waals surface area contributed by atoms with E-state index in [0.29, 0.717) is 0 Å². The van der Waals surface area contributed by atoms with Gasteiger partial charge in [-0.3, -0.25) is 9.36 Å². The molecule has 2 heterocycles. The lowest BCUT2D eigenvalue weighted by atomic mass is 10.1. The fourth-order valence-electron chi connectivity index (χ4n) is 1.76. The van der Waals surface area contributed by atoms with E-state index in [2.05, 4.69) is 29.4 Å². The van der Waals surface area contributed by atoms with Crippen molar-refractivity contribution in [2.24, 2.45) is 14.1 Å². The lowest BCUT2D eigenvalue weighted by Crippen LogP contribution is -2.10. The first kappa shape index (κ1) is 10.7. The first-order chi connectivity index (χ1) is 7.59. The molecule has 0 aliphatic rings. The van der Waals surface area contributed by atoms with Crippen molar-refractivity contribution in [3.8, 4) is 0 Å². The van der Waals surface area contributed by atoms with E-state index >= 15 is 0 Å². The third kappa shape index (κ3) is 1.80. The molecule has 0 aliphatic heterocycles. The number of nitrogens with zero attached hydrogens (tertiary/aromatic N) is 4. The van der Waals surface area contributed by atoms with Gasteiger partial charge < -0.3 is 5.32 Å². The summed E-state index contributed by atoms with van der Waals surface area (Å²) in [7, 11) is 3.88. The first-order valence-corrected chi connectivity index (χ1v) is 5.32. The Morgan fingerprint density at radius 1 is 1.25 bits per heavy atom. The van der Waals surface area contributed by atoms with Crippen molar-refractivity contribution in [2.75, 3.05) is 5.32 Å². The van der Waals surface area contributed by atoms with E-state index in [1.54, 1.807) is 6.20 Å². The van der Waals surface area contributed by atoms with Crippen LogP contribution in [0.25, 0.3) is 0 Å². The van der Waals surface area contributed by atoms with Crippen LogP contribution in [0.1, 0.15) is 24.2 Å². The monoisotopic (exact) mass is 219 g/mol. The van der Waals surface area contributed by atoms with Gasteiger partial charge in [0, 0.05) is 31.4 Å². The molecular weight excluding hydrogens is 202 g/mol. The average molecular weight is 219 g/mol. The normalized spacial score (nSPS) is 12.8. The van der Waals surface area contributed by atoms with Crippen LogP contribution >= 0.6 is 0 Å². The maximum atomic E-state index is 4.24. The van der Waals surface area contributed by atoms with Crippen LogP contribution in [0.2, 0.25) is 0 Å².